The second-order valence-corrected chi connectivity index (χ2v) is 13.1. The number of epoxide rings is 1. The number of hydrogen-bond acceptors (Lipinski definition) is 4. The van der Waals surface area contributed by atoms with Gasteiger partial charge in [-0.25, -0.2) is 0 Å². The molecule has 4 nitrogen and oxygen atoms in total. The van der Waals surface area contributed by atoms with E-state index in [9.17, 15) is 0 Å². The third kappa shape index (κ3) is 9.89. The van der Waals surface area contributed by atoms with E-state index in [2.05, 4.69) is 62.3 Å². The van der Waals surface area contributed by atoms with E-state index in [1.807, 2.05) is 6.26 Å². The fourth-order valence-electron chi connectivity index (χ4n) is 7.27. The average Bonchev–Trinajstić information content (AvgIpc) is 3.83. The van der Waals surface area contributed by atoms with Crippen LogP contribution in [0.3, 0.4) is 0 Å². The minimum absolute atomic E-state index is 0.279. The molecule has 1 aromatic carbocycles. The number of nitrogens with one attached hydrogen (secondary N) is 1. The lowest BCUT2D eigenvalue weighted by molar-refractivity contribution is 0.280. The van der Waals surface area contributed by atoms with Gasteiger partial charge < -0.3 is 19.7 Å². The van der Waals surface area contributed by atoms with Gasteiger partial charge in [0.1, 0.15) is 6.61 Å². The molecule has 0 bridgehead atoms. The quantitative estimate of drug-likeness (QED) is 0.243. The van der Waals surface area contributed by atoms with E-state index in [0.717, 1.165) is 44.9 Å². The zero-order valence-electron chi connectivity index (χ0n) is 26.9. The van der Waals surface area contributed by atoms with Crippen LogP contribution in [-0.2, 0) is 22.3 Å². The van der Waals surface area contributed by atoms with E-state index in [0.29, 0.717) is 18.8 Å². The number of anilines is 1. The van der Waals surface area contributed by atoms with E-state index in [-0.39, 0.29) is 5.92 Å². The summed E-state index contributed by atoms with van der Waals surface area (Å²) in [6.07, 6.45) is 26.9. The van der Waals surface area contributed by atoms with Crippen LogP contribution in [0.5, 0.6) is 0 Å². The third-order valence-electron chi connectivity index (χ3n) is 9.65. The van der Waals surface area contributed by atoms with Gasteiger partial charge in [-0.15, -0.1) is 0 Å². The van der Waals surface area contributed by atoms with Gasteiger partial charge in [0.15, 0.2) is 0 Å². The molecule has 4 heteroatoms. The minimum atomic E-state index is 0.279. The van der Waals surface area contributed by atoms with Gasteiger partial charge in [-0.05, 0) is 73.1 Å². The van der Waals surface area contributed by atoms with Gasteiger partial charge in [0, 0.05) is 30.7 Å². The first kappa shape index (κ1) is 32.1. The predicted octanol–water partition coefficient (Wildman–Crippen LogP) is 8.88. The monoisotopic (exact) mass is 564 g/mol. The molecule has 41 heavy (non-hydrogen) atoms. The molecular weight excluding hydrogens is 504 g/mol. The van der Waals surface area contributed by atoms with Crippen molar-refractivity contribution < 1.29 is 9.47 Å². The number of ether oxygens (including phenoxy) is 2. The molecule has 2 aliphatic heterocycles. The summed E-state index contributed by atoms with van der Waals surface area (Å²) >= 11 is 0. The lowest BCUT2D eigenvalue weighted by Gasteiger charge is -2.33. The summed E-state index contributed by atoms with van der Waals surface area (Å²) in [6.45, 7) is 10.8. The number of allylic oxidation sites excluding steroid dienone is 2. The van der Waals surface area contributed by atoms with Gasteiger partial charge in [-0.2, -0.15) is 0 Å². The molecule has 3 atom stereocenters. The van der Waals surface area contributed by atoms with Gasteiger partial charge in [-0.1, -0.05) is 104 Å². The highest BCUT2D eigenvalue weighted by Crippen LogP contribution is 2.40. The van der Waals surface area contributed by atoms with Gasteiger partial charge >= 0.3 is 0 Å². The van der Waals surface area contributed by atoms with Gasteiger partial charge in [0.05, 0.1) is 19.0 Å². The molecule has 1 saturated carbocycles. The smallest absolute Gasteiger partial charge is 0.106 e. The standard InChI is InChI=1S/C37H60N2O2/c1-5-20-39(21-6-2)35-25-31(23-30-17-14-12-10-8-7-9-11-13-15-18-30)24-33(26-34(38-4)36-28-41-36)37(35)29(3)32-19-16-22-40-27-32/h16,19,24-25,27,29-30,34,36,38H,5-15,17-18,20-23,26,28H2,1-4H3. The fraction of sp³-hybridized carbons (Fsp3) is 0.730. The van der Waals surface area contributed by atoms with E-state index in [1.165, 1.54) is 99.4 Å². The van der Waals surface area contributed by atoms with Crippen molar-refractivity contribution in [3.05, 3.63) is 52.8 Å². The van der Waals surface area contributed by atoms with Crippen molar-refractivity contribution in [2.75, 3.05) is 38.3 Å². The molecular formula is C37H60N2O2. The van der Waals surface area contributed by atoms with Crippen LogP contribution in [0, 0.1) is 5.92 Å². The van der Waals surface area contributed by atoms with Crippen molar-refractivity contribution in [3.8, 4) is 0 Å². The Kier molecular flexibility index (Phi) is 13.6. The maximum absolute atomic E-state index is 5.81. The first-order valence-electron chi connectivity index (χ1n) is 17.3. The summed E-state index contributed by atoms with van der Waals surface area (Å²) in [7, 11) is 2.10. The number of benzene rings is 1. The van der Waals surface area contributed by atoms with Crippen molar-refractivity contribution in [2.24, 2.45) is 5.92 Å². The number of rotatable bonds is 13. The van der Waals surface area contributed by atoms with Crippen LogP contribution < -0.4 is 10.2 Å². The average molecular weight is 565 g/mol. The van der Waals surface area contributed by atoms with Gasteiger partial charge in [0.25, 0.3) is 0 Å². The maximum Gasteiger partial charge on any atom is 0.106 e. The SMILES string of the molecule is CCCN(CCC)c1cc(CC2CCCCCCCCCCC2)cc(CC(NC)C2CO2)c1C(C)C1=COCC=C1. The number of hydrogen-bond donors (Lipinski definition) is 1. The summed E-state index contributed by atoms with van der Waals surface area (Å²) in [6, 6.07) is 5.55. The summed E-state index contributed by atoms with van der Waals surface area (Å²) in [5, 5.41) is 3.61. The van der Waals surface area contributed by atoms with E-state index in [4.69, 9.17) is 9.47 Å². The molecule has 0 spiro atoms. The molecule has 1 N–H and O–H groups in total. The Labute approximate surface area is 252 Å². The van der Waals surface area contributed by atoms with Crippen LogP contribution in [-0.4, -0.2) is 45.5 Å². The molecule has 0 amide bonds. The van der Waals surface area contributed by atoms with Crippen molar-refractivity contribution in [1.82, 2.24) is 5.32 Å². The topological polar surface area (TPSA) is 37.0 Å². The Bertz CT molecular complexity index is 948. The first-order valence-corrected chi connectivity index (χ1v) is 17.3. The predicted molar refractivity (Wildman–Crippen MR) is 175 cm³/mol. The van der Waals surface area contributed by atoms with E-state index < -0.39 is 0 Å². The highest BCUT2D eigenvalue weighted by atomic mass is 16.6. The zero-order valence-corrected chi connectivity index (χ0v) is 26.9. The molecule has 1 saturated heterocycles. The van der Waals surface area contributed by atoms with Crippen molar-refractivity contribution in [2.45, 2.75) is 135 Å². The second-order valence-electron chi connectivity index (χ2n) is 13.1. The van der Waals surface area contributed by atoms with Gasteiger partial charge in [0.2, 0.25) is 0 Å². The molecule has 2 heterocycles. The van der Waals surface area contributed by atoms with Crippen molar-refractivity contribution in [3.63, 3.8) is 0 Å². The lowest BCUT2D eigenvalue weighted by atomic mass is 9.82. The van der Waals surface area contributed by atoms with Crippen molar-refractivity contribution >= 4 is 5.69 Å². The minimum Gasteiger partial charge on any atom is -0.497 e. The molecule has 3 aliphatic rings. The summed E-state index contributed by atoms with van der Waals surface area (Å²) in [5.74, 6) is 1.08. The van der Waals surface area contributed by atoms with Crippen LogP contribution in [0.15, 0.2) is 36.1 Å². The molecule has 1 aliphatic carbocycles. The van der Waals surface area contributed by atoms with Crippen LogP contribution in [0.1, 0.15) is 127 Å². The third-order valence-corrected chi connectivity index (χ3v) is 9.65. The Morgan fingerprint density at radius 1 is 0.927 bits per heavy atom. The number of likely N-dealkylation sites (N-methyl/N-ethyl adjacent to an activating group) is 1. The largest absolute Gasteiger partial charge is 0.497 e. The molecule has 3 unspecified atom stereocenters. The lowest BCUT2D eigenvalue weighted by Crippen LogP contribution is -2.34. The summed E-state index contributed by atoms with van der Waals surface area (Å²) in [5.41, 5.74) is 7.30. The van der Waals surface area contributed by atoms with Crippen LogP contribution in [0.25, 0.3) is 0 Å². The van der Waals surface area contributed by atoms with E-state index in [1.54, 1.807) is 5.56 Å². The summed E-state index contributed by atoms with van der Waals surface area (Å²) in [4.78, 5) is 2.69. The Balaban J connectivity index is 1.72. The van der Waals surface area contributed by atoms with Crippen LogP contribution in [0.4, 0.5) is 5.69 Å². The Hall–Kier alpha value is -1.78. The highest BCUT2D eigenvalue weighted by molar-refractivity contribution is 5.63. The molecule has 0 aromatic heterocycles. The maximum atomic E-state index is 5.81. The normalized spacial score (nSPS) is 22.1. The molecule has 230 valence electrons. The van der Waals surface area contributed by atoms with Gasteiger partial charge in [-0.3, -0.25) is 0 Å². The van der Waals surface area contributed by atoms with E-state index >= 15 is 0 Å². The second kappa shape index (κ2) is 17.4. The molecule has 0 radical (unpaired) electrons. The highest BCUT2D eigenvalue weighted by Gasteiger charge is 2.33. The van der Waals surface area contributed by atoms with Crippen LogP contribution in [0.2, 0.25) is 0 Å². The zero-order chi connectivity index (χ0) is 28.9. The molecule has 2 fully saturated rings. The Morgan fingerprint density at radius 3 is 2.10 bits per heavy atom. The summed E-state index contributed by atoms with van der Waals surface area (Å²) < 4.78 is 11.6. The molecule has 4 rings (SSSR count). The molecule has 1 aromatic rings. The number of nitrogens with zero attached hydrogens (tertiary/aromatic N) is 1. The fourth-order valence-corrected chi connectivity index (χ4v) is 7.27. The Morgan fingerprint density at radius 2 is 1.56 bits per heavy atom. The van der Waals surface area contributed by atoms with Crippen LogP contribution >= 0.6 is 0 Å². The first-order chi connectivity index (χ1) is 20.1. The van der Waals surface area contributed by atoms with Crippen molar-refractivity contribution in [1.29, 1.82) is 0 Å².